The van der Waals surface area contributed by atoms with Crippen LogP contribution in [0.2, 0.25) is 0 Å². The van der Waals surface area contributed by atoms with Crippen LogP contribution in [-0.4, -0.2) is 64.7 Å². The molecule has 8 nitrogen and oxygen atoms in total. The average molecular weight is 331 g/mol. The first-order chi connectivity index (χ1) is 11.6. The van der Waals surface area contributed by atoms with Gasteiger partial charge < -0.3 is 24.1 Å². The van der Waals surface area contributed by atoms with Gasteiger partial charge in [-0.3, -0.25) is 9.59 Å². The molecular weight excluding hydrogens is 310 g/mol. The van der Waals surface area contributed by atoms with Gasteiger partial charge in [-0.25, -0.2) is 4.98 Å². The van der Waals surface area contributed by atoms with E-state index in [1.165, 1.54) is 4.57 Å². The SMILES string of the molecule is CN(C[C@H]1CN(C(=O)c2cc[nH]c2)CCO1)c1nccn(C)c1=O. The lowest BCUT2D eigenvalue weighted by molar-refractivity contribution is -0.0172. The highest BCUT2D eigenvalue weighted by atomic mass is 16.5. The summed E-state index contributed by atoms with van der Waals surface area (Å²) in [6.07, 6.45) is 6.47. The summed E-state index contributed by atoms with van der Waals surface area (Å²) in [5.41, 5.74) is 0.485. The van der Waals surface area contributed by atoms with E-state index < -0.39 is 0 Å². The zero-order valence-corrected chi connectivity index (χ0v) is 13.8. The smallest absolute Gasteiger partial charge is 0.293 e. The second-order valence-electron chi connectivity index (χ2n) is 5.89. The van der Waals surface area contributed by atoms with Gasteiger partial charge in [0.15, 0.2) is 5.82 Å². The number of aromatic amines is 1. The minimum absolute atomic E-state index is 0.0130. The van der Waals surface area contributed by atoms with Crippen LogP contribution in [0.4, 0.5) is 5.82 Å². The van der Waals surface area contributed by atoms with Crippen molar-refractivity contribution in [2.24, 2.45) is 7.05 Å². The summed E-state index contributed by atoms with van der Waals surface area (Å²) in [4.78, 5) is 35.2. The molecule has 3 rings (SSSR count). The van der Waals surface area contributed by atoms with Gasteiger partial charge in [0.05, 0.1) is 18.3 Å². The number of carbonyl (C=O) groups excluding carboxylic acids is 1. The Kier molecular flexibility index (Phi) is 4.66. The Morgan fingerprint density at radius 3 is 3.12 bits per heavy atom. The monoisotopic (exact) mass is 331 g/mol. The quantitative estimate of drug-likeness (QED) is 0.858. The second-order valence-corrected chi connectivity index (χ2v) is 5.89. The largest absolute Gasteiger partial charge is 0.373 e. The number of anilines is 1. The van der Waals surface area contributed by atoms with E-state index in [0.717, 1.165) is 0 Å². The molecule has 0 aromatic carbocycles. The van der Waals surface area contributed by atoms with Crippen molar-refractivity contribution in [2.75, 3.05) is 38.2 Å². The minimum atomic E-state index is -0.168. The molecule has 24 heavy (non-hydrogen) atoms. The maximum atomic E-state index is 12.4. The lowest BCUT2D eigenvalue weighted by atomic mass is 10.2. The molecule has 1 atom stereocenters. The van der Waals surface area contributed by atoms with Crippen LogP contribution in [0.15, 0.2) is 35.6 Å². The second kappa shape index (κ2) is 6.88. The first kappa shape index (κ1) is 16.3. The molecule has 0 aliphatic carbocycles. The molecule has 1 aliphatic heterocycles. The summed E-state index contributed by atoms with van der Waals surface area (Å²) in [7, 11) is 3.50. The average Bonchev–Trinajstić information content (AvgIpc) is 3.11. The zero-order chi connectivity index (χ0) is 17.1. The van der Waals surface area contributed by atoms with Crippen LogP contribution in [-0.2, 0) is 11.8 Å². The summed E-state index contributed by atoms with van der Waals surface area (Å²) in [6.45, 7) is 2.02. The number of aryl methyl sites for hydroxylation is 1. The molecule has 0 bridgehead atoms. The van der Waals surface area contributed by atoms with Gasteiger partial charge in [-0.1, -0.05) is 0 Å². The Balaban J connectivity index is 1.66. The van der Waals surface area contributed by atoms with E-state index >= 15 is 0 Å². The van der Waals surface area contributed by atoms with Crippen molar-refractivity contribution >= 4 is 11.7 Å². The van der Waals surface area contributed by atoms with E-state index in [1.54, 1.807) is 54.7 Å². The van der Waals surface area contributed by atoms with Gasteiger partial charge in [0, 0.05) is 58.5 Å². The number of carbonyl (C=O) groups is 1. The molecule has 1 N–H and O–H groups in total. The summed E-state index contributed by atoms with van der Waals surface area (Å²) in [6, 6.07) is 1.76. The van der Waals surface area contributed by atoms with Crippen molar-refractivity contribution in [3.05, 3.63) is 46.8 Å². The summed E-state index contributed by atoms with van der Waals surface area (Å²) in [5, 5.41) is 0. The molecule has 3 heterocycles. The number of hydrogen-bond donors (Lipinski definition) is 1. The van der Waals surface area contributed by atoms with E-state index in [4.69, 9.17) is 4.74 Å². The fourth-order valence-corrected chi connectivity index (χ4v) is 2.79. The van der Waals surface area contributed by atoms with Crippen molar-refractivity contribution in [3.63, 3.8) is 0 Å². The first-order valence-electron chi connectivity index (χ1n) is 7.82. The molecule has 8 heteroatoms. The van der Waals surface area contributed by atoms with Crippen molar-refractivity contribution in [3.8, 4) is 0 Å². The third-order valence-corrected chi connectivity index (χ3v) is 4.11. The van der Waals surface area contributed by atoms with Crippen molar-refractivity contribution < 1.29 is 9.53 Å². The molecule has 1 amide bonds. The lowest BCUT2D eigenvalue weighted by Crippen LogP contribution is -2.49. The standard InChI is InChI=1S/C16H21N5O3/c1-19-6-5-18-14(16(19)23)20(2)10-13-11-21(7-8-24-13)15(22)12-3-4-17-9-12/h3-6,9,13,17H,7-8,10-11H2,1-2H3/t13-/m0/s1. The molecular formula is C16H21N5O3. The normalized spacial score (nSPS) is 17.8. The van der Waals surface area contributed by atoms with Crippen molar-refractivity contribution in [1.82, 2.24) is 19.4 Å². The van der Waals surface area contributed by atoms with E-state index in [2.05, 4.69) is 9.97 Å². The number of likely N-dealkylation sites (N-methyl/N-ethyl adjacent to an activating group) is 1. The predicted octanol–water partition coefficient (Wildman–Crippen LogP) is 0.0858. The number of ether oxygens (including phenoxy) is 1. The highest BCUT2D eigenvalue weighted by Gasteiger charge is 2.26. The van der Waals surface area contributed by atoms with Crippen LogP contribution in [0.5, 0.6) is 0 Å². The molecule has 0 radical (unpaired) electrons. The third kappa shape index (κ3) is 3.33. The Morgan fingerprint density at radius 2 is 2.38 bits per heavy atom. The van der Waals surface area contributed by atoms with E-state index in [1.807, 2.05) is 0 Å². The van der Waals surface area contributed by atoms with Crippen molar-refractivity contribution in [1.29, 1.82) is 0 Å². The molecule has 0 spiro atoms. The van der Waals surface area contributed by atoms with Gasteiger partial charge in [0.2, 0.25) is 0 Å². The molecule has 1 fully saturated rings. The topological polar surface area (TPSA) is 83.5 Å². The van der Waals surface area contributed by atoms with Crippen LogP contribution in [0, 0.1) is 0 Å². The minimum Gasteiger partial charge on any atom is -0.373 e. The number of rotatable bonds is 4. The molecule has 0 saturated carbocycles. The fraction of sp³-hybridized carbons (Fsp3) is 0.438. The number of H-pyrrole nitrogens is 1. The number of aromatic nitrogens is 3. The highest BCUT2D eigenvalue weighted by Crippen LogP contribution is 2.12. The molecule has 1 aliphatic rings. The van der Waals surface area contributed by atoms with E-state index in [0.29, 0.717) is 37.6 Å². The number of nitrogens with one attached hydrogen (secondary N) is 1. The first-order valence-corrected chi connectivity index (χ1v) is 7.82. The van der Waals surface area contributed by atoms with Crippen molar-refractivity contribution in [2.45, 2.75) is 6.10 Å². The van der Waals surface area contributed by atoms with Crippen LogP contribution >= 0.6 is 0 Å². The Labute approximate surface area is 139 Å². The molecule has 128 valence electrons. The molecule has 0 unspecified atom stereocenters. The summed E-state index contributed by atoms with van der Waals surface area (Å²) in [5.74, 6) is 0.360. The molecule has 1 saturated heterocycles. The Hall–Kier alpha value is -2.61. The van der Waals surface area contributed by atoms with Crippen LogP contribution in [0.3, 0.4) is 0 Å². The number of nitrogens with zero attached hydrogens (tertiary/aromatic N) is 4. The van der Waals surface area contributed by atoms with E-state index in [9.17, 15) is 9.59 Å². The van der Waals surface area contributed by atoms with Crippen LogP contribution < -0.4 is 10.5 Å². The number of hydrogen-bond acceptors (Lipinski definition) is 5. The maximum absolute atomic E-state index is 12.4. The van der Waals surface area contributed by atoms with Gasteiger partial charge >= 0.3 is 0 Å². The van der Waals surface area contributed by atoms with Gasteiger partial charge in [0.1, 0.15) is 0 Å². The van der Waals surface area contributed by atoms with Crippen LogP contribution in [0.25, 0.3) is 0 Å². The van der Waals surface area contributed by atoms with Gasteiger partial charge in [0.25, 0.3) is 11.5 Å². The number of morpholine rings is 1. The summed E-state index contributed by atoms with van der Waals surface area (Å²) < 4.78 is 7.25. The van der Waals surface area contributed by atoms with Gasteiger partial charge in [-0.05, 0) is 6.07 Å². The molecule has 2 aromatic rings. The van der Waals surface area contributed by atoms with E-state index in [-0.39, 0.29) is 17.6 Å². The lowest BCUT2D eigenvalue weighted by Gasteiger charge is -2.34. The van der Waals surface area contributed by atoms with Gasteiger partial charge in [-0.15, -0.1) is 0 Å². The maximum Gasteiger partial charge on any atom is 0.293 e. The number of amides is 1. The highest BCUT2D eigenvalue weighted by molar-refractivity contribution is 5.94. The Bertz CT molecular complexity index is 755. The third-order valence-electron chi connectivity index (χ3n) is 4.11. The molecule has 2 aromatic heterocycles. The fourth-order valence-electron chi connectivity index (χ4n) is 2.79. The van der Waals surface area contributed by atoms with Crippen LogP contribution in [0.1, 0.15) is 10.4 Å². The van der Waals surface area contributed by atoms with Gasteiger partial charge in [-0.2, -0.15) is 0 Å². The predicted molar refractivity (Wildman–Crippen MR) is 89.2 cm³/mol. The summed E-state index contributed by atoms with van der Waals surface area (Å²) >= 11 is 0. The Morgan fingerprint density at radius 1 is 1.54 bits per heavy atom. The zero-order valence-electron chi connectivity index (χ0n) is 13.8.